The van der Waals surface area contributed by atoms with Crippen molar-refractivity contribution >= 4 is 74.7 Å². The highest BCUT2D eigenvalue weighted by atomic mass is 79.9. The Morgan fingerprint density at radius 1 is 0.588 bits per heavy atom. The summed E-state index contributed by atoms with van der Waals surface area (Å²) in [6.45, 7) is 5.37. The van der Waals surface area contributed by atoms with Gasteiger partial charge in [0.15, 0.2) is 11.6 Å². The Morgan fingerprint density at radius 2 is 0.941 bits per heavy atom. The minimum Gasteiger partial charge on any atom is -0.491 e. The van der Waals surface area contributed by atoms with Crippen molar-refractivity contribution in [2.24, 2.45) is 0 Å². The lowest BCUT2D eigenvalue weighted by Crippen LogP contribution is -2.01. The lowest BCUT2D eigenvalue weighted by molar-refractivity contribution is 0.306. The van der Waals surface area contributed by atoms with Crippen LogP contribution in [0.15, 0.2) is 7.57 Å². The Bertz CT molecular complexity index is 981. The topological polar surface area (TPSA) is 18.5 Å². The normalized spacial score (nSPS) is 11.7. The van der Waals surface area contributed by atoms with Crippen molar-refractivity contribution in [3.63, 3.8) is 0 Å². The lowest BCUT2D eigenvalue weighted by atomic mass is 10.1. The first kappa shape index (κ1) is 28.1. The van der Waals surface area contributed by atoms with Crippen LogP contribution >= 0.6 is 54.5 Å². The van der Waals surface area contributed by atoms with Gasteiger partial charge in [0.05, 0.1) is 33.4 Å². The van der Waals surface area contributed by atoms with Crippen molar-refractivity contribution in [3.8, 4) is 11.5 Å². The second-order valence-electron chi connectivity index (χ2n) is 8.68. The van der Waals surface area contributed by atoms with Gasteiger partial charge in [-0.15, -0.1) is 22.7 Å². The average molecular weight is 640 g/mol. The quantitative estimate of drug-likeness (QED) is 0.145. The van der Waals surface area contributed by atoms with E-state index >= 15 is 8.78 Å². The molecule has 3 aromatic rings. The maximum Gasteiger partial charge on any atom is 0.159 e. The zero-order chi connectivity index (χ0) is 24.5. The molecule has 0 atom stereocenters. The molecule has 8 heteroatoms. The average Bonchev–Trinajstić information content (AvgIpc) is 3.28. The van der Waals surface area contributed by atoms with E-state index in [-0.39, 0.29) is 11.6 Å². The maximum atomic E-state index is 15.2. The Balaban J connectivity index is 1.84. The van der Waals surface area contributed by atoms with E-state index in [1.54, 1.807) is 0 Å². The van der Waals surface area contributed by atoms with Crippen molar-refractivity contribution in [1.29, 1.82) is 0 Å². The molecule has 0 fully saturated rings. The third-order valence-electron chi connectivity index (χ3n) is 5.98. The number of fused-ring (bicyclic) bond motifs is 2. The van der Waals surface area contributed by atoms with E-state index in [0.29, 0.717) is 52.5 Å². The summed E-state index contributed by atoms with van der Waals surface area (Å²) >= 11 is 9.15. The summed E-state index contributed by atoms with van der Waals surface area (Å²) in [5.74, 6) is 0.127. The molecular weight excluding hydrogens is 606 g/mol. The number of hydrogen-bond donors (Lipinski definition) is 0. The zero-order valence-electron chi connectivity index (χ0n) is 20.0. The Hall–Kier alpha value is -0.440. The molecule has 0 unspecified atom stereocenters. The summed E-state index contributed by atoms with van der Waals surface area (Å²) in [6, 6.07) is 0. The van der Waals surface area contributed by atoms with Gasteiger partial charge in [-0.1, -0.05) is 78.1 Å². The van der Waals surface area contributed by atoms with Gasteiger partial charge < -0.3 is 9.47 Å². The molecule has 0 saturated carbocycles. The van der Waals surface area contributed by atoms with Crippen LogP contribution in [0.3, 0.4) is 0 Å². The summed E-state index contributed by atoms with van der Waals surface area (Å²) in [5.41, 5.74) is 0. The summed E-state index contributed by atoms with van der Waals surface area (Å²) in [7, 11) is 0. The molecule has 34 heavy (non-hydrogen) atoms. The van der Waals surface area contributed by atoms with E-state index in [1.165, 1.54) is 74.0 Å². The predicted molar refractivity (Wildman–Crippen MR) is 150 cm³/mol. The molecule has 2 nitrogen and oxygen atoms in total. The molecule has 0 amide bonds. The van der Waals surface area contributed by atoms with Crippen molar-refractivity contribution < 1.29 is 18.3 Å². The van der Waals surface area contributed by atoms with Crippen molar-refractivity contribution in [1.82, 2.24) is 0 Å². The molecule has 0 radical (unpaired) electrons. The molecule has 3 rings (SSSR count). The monoisotopic (exact) mass is 638 g/mol. The Morgan fingerprint density at radius 3 is 1.32 bits per heavy atom. The smallest absolute Gasteiger partial charge is 0.159 e. The maximum absolute atomic E-state index is 15.2. The molecule has 0 aliphatic rings. The van der Waals surface area contributed by atoms with Gasteiger partial charge in [0.2, 0.25) is 0 Å². The van der Waals surface area contributed by atoms with Crippen LogP contribution in [0, 0.1) is 11.6 Å². The summed E-state index contributed by atoms with van der Waals surface area (Å²) < 4.78 is 44.7. The van der Waals surface area contributed by atoms with Crippen LogP contribution in [-0.4, -0.2) is 13.2 Å². The minimum atomic E-state index is -0.366. The summed E-state index contributed by atoms with van der Waals surface area (Å²) in [6.07, 6.45) is 13.7. The molecule has 0 saturated heterocycles. The zero-order valence-corrected chi connectivity index (χ0v) is 24.8. The Labute approximate surface area is 226 Å². The van der Waals surface area contributed by atoms with E-state index in [9.17, 15) is 0 Å². The van der Waals surface area contributed by atoms with Gasteiger partial charge in [-0.2, -0.15) is 0 Å². The molecule has 0 spiro atoms. The van der Waals surface area contributed by atoms with Gasteiger partial charge >= 0.3 is 0 Å². The predicted octanol–water partition coefficient (Wildman–Crippen LogP) is 11.4. The molecule has 0 aliphatic carbocycles. The van der Waals surface area contributed by atoms with E-state index in [0.717, 1.165) is 25.7 Å². The number of ether oxygens (including phenoxy) is 2. The largest absolute Gasteiger partial charge is 0.491 e. The number of unbranched alkanes of at least 4 members (excludes halogenated alkanes) is 10. The van der Waals surface area contributed by atoms with E-state index in [4.69, 9.17) is 9.47 Å². The number of halogens is 4. The van der Waals surface area contributed by atoms with Crippen molar-refractivity contribution in [2.75, 3.05) is 13.2 Å². The van der Waals surface area contributed by atoms with Crippen LogP contribution in [0.4, 0.5) is 8.78 Å². The van der Waals surface area contributed by atoms with Gasteiger partial charge in [-0.3, -0.25) is 0 Å². The van der Waals surface area contributed by atoms with Crippen LogP contribution in [0.5, 0.6) is 11.5 Å². The highest BCUT2D eigenvalue weighted by Gasteiger charge is 2.28. The van der Waals surface area contributed by atoms with Crippen molar-refractivity contribution in [3.05, 3.63) is 19.2 Å². The van der Waals surface area contributed by atoms with Crippen molar-refractivity contribution in [2.45, 2.75) is 90.9 Å². The molecule has 1 aromatic carbocycles. The second kappa shape index (κ2) is 14.3. The van der Waals surface area contributed by atoms with Crippen LogP contribution in [-0.2, 0) is 0 Å². The second-order valence-corrected chi connectivity index (χ2v) is 13.4. The lowest BCUT2D eigenvalue weighted by Gasteiger charge is -2.14. The third-order valence-corrected chi connectivity index (χ3v) is 9.55. The number of benzene rings is 1. The number of rotatable bonds is 16. The van der Waals surface area contributed by atoms with Gasteiger partial charge in [-0.05, 0) is 44.7 Å². The standard InChI is InChI=1S/C26H34Br2F2O2S2/c1-3-5-7-9-11-13-15-31-21-17-19(29)25(27)34-24(17)22(18-20(30)26(28)33-23(18)21)32-16-14-12-10-8-6-4-2/h3-16H2,1-2H3. The van der Waals surface area contributed by atoms with Gasteiger partial charge in [0, 0.05) is 0 Å². The molecule has 190 valence electrons. The number of hydrogen-bond acceptors (Lipinski definition) is 4. The van der Waals surface area contributed by atoms with Gasteiger partial charge in [0.1, 0.15) is 19.1 Å². The molecule has 2 heterocycles. The van der Waals surface area contributed by atoms with Crippen LogP contribution in [0.25, 0.3) is 20.2 Å². The fourth-order valence-corrected chi connectivity index (χ4v) is 7.29. The highest BCUT2D eigenvalue weighted by Crippen LogP contribution is 2.53. The molecule has 2 aromatic heterocycles. The van der Waals surface area contributed by atoms with Crippen LogP contribution in [0.2, 0.25) is 0 Å². The van der Waals surface area contributed by atoms with E-state index in [1.807, 2.05) is 0 Å². The van der Waals surface area contributed by atoms with Gasteiger partial charge in [0.25, 0.3) is 0 Å². The van der Waals surface area contributed by atoms with Crippen LogP contribution < -0.4 is 9.47 Å². The Kier molecular flexibility index (Phi) is 11.9. The fourth-order valence-electron chi connectivity index (χ4n) is 4.11. The highest BCUT2D eigenvalue weighted by molar-refractivity contribution is 9.11. The molecular formula is C26H34Br2F2O2S2. The summed E-state index contributed by atoms with van der Waals surface area (Å²) in [5, 5.41) is 0.782. The molecule has 0 N–H and O–H groups in total. The molecule has 0 bridgehead atoms. The number of thiophene rings is 2. The van der Waals surface area contributed by atoms with E-state index < -0.39 is 0 Å². The third kappa shape index (κ3) is 6.86. The van der Waals surface area contributed by atoms with Crippen LogP contribution in [0.1, 0.15) is 90.9 Å². The fraction of sp³-hybridized carbons (Fsp3) is 0.615. The summed E-state index contributed by atoms with van der Waals surface area (Å²) in [4.78, 5) is 0. The minimum absolute atomic E-state index is 0.366. The van der Waals surface area contributed by atoms with Gasteiger partial charge in [-0.25, -0.2) is 8.78 Å². The van der Waals surface area contributed by atoms with E-state index in [2.05, 4.69) is 45.7 Å². The first-order valence-corrected chi connectivity index (χ1v) is 15.7. The first-order valence-electron chi connectivity index (χ1n) is 12.5. The SMILES string of the molecule is CCCCCCCCOc1c2sc(Br)c(F)c2c(OCCCCCCCC)c2sc(Br)c(F)c12. The first-order chi connectivity index (χ1) is 16.5. The molecule has 0 aliphatic heterocycles.